The second-order valence-electron chi connectivity index (χ2n) is 4.35. The van der Waals surface area contributed by atoms with Crippen molar-refractivity contribution in [3.8, 4) is 11.1 Å². The maximum atomic E-state index is 10.9. The Labute approximate surface area is 113 Å². The molecular weight excluding hydrogens is 262 g/mol. The average molecular weight is 277 g/mol. The van der Waals surface area contributed by atoms with Gasteiger partial charge in [0, 0.05) is 17.5 Å². The lowest BCUT2D eigenvalue weighted by molar-refractivity contribution is 0.312. The minimum absolute atomic E-state index is 0.0608. The number of aromatic nitrogens is 1. The van der Waals surface area contributed by atoms with Crippen LogP contribution in [0.1, 0.15) is 11.3 Å². The smallest absolute Gasteiger partial charge is 0.264 e. The Bertz CT molecular complexity index is 646. The Morgan fingerprint density at radius 3 is 2.21 bits per heavy atom. The van der Waals surface area contributed by atoms with Crippen LogP contribution < -0.4 is 0 Å². The summed E-state index contributed by atoms with van der Waals surface area (Å²) in [6.07, 6.45) is 2.86. The molecule has 0 spiro atoms. The van der Waals surface area contributed by atoms with Crippen LogP contribution in [0.3, 0.4) is 0 Å². The van der Waals surface area contributed by atoms with Gasteiger partial charge < -0.3 is 0 Å². The highest BCUT2D eigenvalue weighted by Crippen LogP contribution is 2.19. The first-order valence-corrected chi connectivity index (χ1v) is 7.62. The third-order valence-electron chi connectivity index (χ3n) is 2.64. The fourth-order valence-corrected chi connectivity index (χ4v) is 1.96. The van der Waals surface area contributed by atoms with E-state index in [4.69, 9.17) is 4.18 Å². The van der Waals surface area contributed by atoms with Crippen molar-refractivity contribution in [2.75, 3.05) is 6.26 Å². The minimum Gasteiger partial charge on any atom is -0.265 e. The van der Waals surface area contributed by atoms with Crippen molar-refractivity contribution in [3.05, 3.63) is 53.9 Å². The van der Waals surface area contributed by atoms with E-state index in [0.717, 1.165) is 28.6 Å². The van der Waals surface area contributed by atoms with Gasteiger partial charge in [0.1, 0.15) is 0 Å². The second kappa shape index (κ2) is 5.50. The summed E-state index contributed by atoms with van der Waals surface area (Å²) >= 11 is 0. The highest BCUT2D eigenvalue weighted by molar-refractivity contribution is 7.85. The van der Waals surface area contributed by atoms with E-state index < -0.39 is 10.1 Å². The van der Waals surface area contributed by atoms with Crippen LogP contribution in [0.4, 0.5) is 0 Å². The van der Waals surface area contributed by atoms with Gasteiger partial charge in [0.25, 0.3) is 10.1 Å². The van der Waals surface area contributed by atoms with Gasteiger partial charge in [-0.2, -0.15) is 8.42 Å². The van der Waals surface area contributed by atoms with E-state index in [1.165, 1.54) is 0 Å². The lowest BCUT2D eigenvalue weighted by Crippen LogP contribution is -2.02. The van der Waals surface area contributed by atoms with Crippen LogP contribution in [0.2, 0.25) is 0 Å². The van der Waals surface area contributed by atoms with Gasteiger partial charge in [0.15, 0.2) is 0 Å². The van der Waals surface area contributed by atoms with Crippen LogP contribution in [0, 0.1) is 6.92 Å². The van der Waals surface area contributed by atoms with Crippen molar-refractivity contribution in [3.63, 3.8) is 0 Å². The van der Waals surface area contributed by atoms with Gasteiger partial charge in [-0.3, -0.25) is 9.17 Å². The van der Waals surface area contributed by atoms with E-state index in [2.05, 4.69) is 4.98 Å². The molecule has 0 saturated heterocycles. The molecule has 0 fully saturated rings. The molecule has 1 aromatic heterocycles. The molecule has 1 aromatic carbocycles. The third kappa shape index (κ3) is 4.15. The van der Waals surface area contributed by atoms with Gasteiger partial charge >= 0.3 is 0 Å². The second-order valence-corrected chi connectivity index (χ2v) is 6.00. The summed E-state index contributed by atoms with van der Waals surface area (Å²) in [6, 6.07) is 11.5. The fourth-order valence-electron chi connectivity index (χ4n) is 1.61. The maximum Gasteiger partial charge on any atom is 0.264 e. The predicted octanol–water partition coefficient (Wildman–Crippen LogP) is 2.53. The van der Waals surface area contributed by atoms with Crippen LogP contribution in [-0.4, -0.2) is 19.7 Å². The van der Waals surface area contributed by atoms with Crippen molar-refractivity contribution < 1.29 is 12.6 Å². The molecule has 5 heteroatoms. The molecule has 0 aliphatic rings. The largest absolute Gasteiger partial charge is 0.265 e. The maximum absolute atomic E-state index is 10.9. The first kappa shape index (κ1) is 13.7. The Morgan fingerprint density at radius 2 is 1.68 bits per heavy atom. The third-order valence-corrected chi connectivity index (χ3v) is 3.18. The molecule has 0 aliphatic heterocycles. The summed E-state index contributed by atoms with van der Waals surface area (Å²) in [4.78, 5) is 4.24. The van der Waals surface area contributed by atoms with E-state index in [-0.39, 0.29) is 6.61 Å². The quantitative estimate of drug-likeness (QED) is 0.806. The monoisotopic (exact) mass is 277 g/mol. The van der Waals surface area contributed by atoms with Gasteiger partial charge in [-0.15, -0.1) is 0 Å². The van der Waals surface area contributed by atoms with E-state index in [1.807, 2.05) is 49.5 Å². The molecule has 0 saturated carbocycles. The molecule has 100 valence electrons. The zero-order chi connectivity index (χ0) is 13.9. The topological polar surface area (TPSA) is 56.3 Å². The van der Waals surface area contributed by atoms with Crippen molar-refractivity contribution >= 4 is 10.1 Å². The normalized spacial score (nSPS) is 11.5. The molecule has 0 amide bonds. The lowest BCUT2D eigenvalue weighted by atomic mass is 10.1. The number of nitrogens with zero attached hydrogens (tertiary/aromatic N) is 1. The number of hydrogen-bond donors (Lipinski definition) is 0. The number of benzene rings is 1. The van der Waals surface area contributed by atoms with Crippen molar-refractivity contribution in [1.82, 2.24) is 4.98 Å². The fraction of sp³-hybridized carbons (Fsp3) is 0.214. The highest BCUT2D eigenvalue weighted by atomic mass is 32.2. The molecule has 0 radical (unpaired) electrons. The molecule has 2 aromatic rings. The van der Waals surface area contributed by atoms with Gasteiger partial charge in [0.05, 0.1) is 12.9 Å². The number of aryl methyl sites for hydroxylation is 1. The summed E-state index contributed by atoms with van der Waals surface area (Å²) in [6.45, 7) is 2.00. The molecule has 0 atom stereocenters. The van der Waals surface area contributed by atoms with E-state index in [0.29, 0.717) is 0 Å². The summed E-state index contributed by atoms with van der Waals surface area (Å²) in [5.74, 6) is 0. The summed E-state index contributed by atoms with van der Waals surface area (Å²) in [5, 5.41) is 0. The minimum atomic E-state index is -3.40. The molecule has 1 heterocycles. The Kier molecular flexibility index (Phi) is 3.97. The van der Waals surface area contributed by atoms with Gasteiger partial charge in [0.2, 0.25) is 0 Å². The molecule has 0 aliphatic carbocycles. The molecule has 0 bridgehead atoms. The molecular formula is C14H15NO3S. The zero-order valence-corrected chi connectivity index (χ0v) is 11.6. The van der Waals surface area contributed by atoms with Crippen molar-refractivity contribution in [2.24, 2.45) is 0 Å². The van der Waals surface area contributed by atoms with E-state index in [1.54, 1.807) is 0 Å². The predicted molar refractivity (Wildman–Crippen MR) is 74.0 cm³/mol. The Balaban J connectivity index is 2.12. The molecule has 0 N–H and O–H groups in total. The van der Waals surface area contributed by atoms with Crippen LogP contribution >= 0.6 is 0 Å². The van der Waals surface area contributed by atoms with Gasteiger partial charge in [-0.05, 0) is 24.1 Å². The summed E-state index contributed by atoms with van der Waals surface area (Å²) < 4.78 is 26.5. The first-order chi connectivity index (χ1) is 8.94. The molecule has 4 nitrogen and oxygen atoms in total. The Hall–Kier alpha value is -1.72. The first-order valence-electron chi connectivity index (χ1n) is 5.80. The average Bonchev–Trinajstić information content (AvgIpc) is 2.37. The van der Waals surface area contributed by atoms with E-state index >= 15 is 0 Å². The van der Waals surface area contributed by atoms with Crippen LogP contribution in [-0.2, 0) is 20.9 Å². The summed E-state index contributed by atoms with van der Waals surface area (Å²) in [7, 11) is -3.40. The van der Waals surface area contributed by atoms with E-state index in [9.17, 15) is 8.42 Å². The SMILES string of the molecule is Cc1ccc(-c2ccc(COS(C)(=O)=O)cc2)cn1. The highest BCUT2D eigenvalue weighted by Gasteiger charge is 2.03. The number of hydrogen-bond acceptors (Lipinski definition) is 4. The number of rotatable bonds is 4. The Morgan fingerprint density at radius 1 is 1.05 bits per heavy atom. The molecule has 0 unspecified atom stereocenters. The standard InChI is InChI=1S/C14H15NO3S/c1-11-3-6-14(9-15-11)13-7-4-12(5-8-13)10-18-19(2,16)17/h3-9H,10H2,1-2H3. The number of pyridine rings is 1. The zero-order valence-electron chi connectivity index (χ0n) is 10.8. The van der Waals surface area contributed by atoms with Crippen LogP contribution in [0.15, 0.2) is 42.6 Å². The van der Waals surface area contributed by atoms with Gasteiger partial charge in [-0.25, -0.2) is 0 Å². The lowest BCUT2D eigenvalue weighted by Gasteiger charge is -2.05. The van der Waals surface area contributed by atoms with Crippen LogP contribution in [0.5, 0.6) is 0 Å². The van der Waals surface area contributed by atoms with Crippen molar-refractivity contribution in [1.29, 1.82) is 0 Å². The van der Waals surface area contributed by atoms with Gasteiger partial charge in [-0.1, -0.05) is 30.3 Å². The van der Waals surface area contributed by atoms with Crippen LogP contribution in [0.25, 0.3) is 11.1 Å². The molecule has 2 rings (SSSR count). The summed E-state index contributed by atoms with van der Waals surface area (Å²) in [5.41, 5.74) is 3.85. The molecule has 19 heavy (non-hydrogen) atoms. The van der Waals surface area contributed by atoms with Crippen molar-refractivity contribution in [2.45, 2.75) is 13.5 Å².